The molecule has 0 aromatic heterocycles. The average Bonchev–Trinajstić information content (AvgIpc) is 2.46. The van der Waals surface area contributed by atoms with E-state index in [1.54, 1.807) is 6.92 Å². The number of hydrogen-bond acceptors (Lipinski definition) is 2. The van der Waals surface area contributed by atoms with E-state index in [9.17, 15) is 13.6 Å². The quantitative estimate of drug-likeness (QED) is 0.827. The van der Waals surface area contributed by atoms with Crippen molar-refractivity contribution in [2.75, 3.05) is 5.32 Å². The molecule has 1 amide bonds. The maximum absolute atomic E-state index is 13.6. The maximum Gasteiger partial charge on any atom is 0.237 e. The van der Waals surface area contributed by atoms with Gasteiger partial charge in [0.1, 0.15) is 11.6 Å². The molecule has 0 aliphatic carbocycles. The highest BCUT2D eigenvalue weighted by Crippen LogP contribution is 2.28. The van der Waals surface area contributed by atoms with E-state index in [0.29, 0.717) is 0 Å². The zero-order valence-corrected chi connectivity index (χ0v) is 13.4. The molecular formula is C17H17F2NOS. The van der Waals surface area contributed by atoms with Gasteiger partial charge in [0.05, 0.1) is 5.25 Å². The number of amides is 1. The number of hydrogen-bond donors (Lipinski definition) is 1. The van der Waals surface area contributed by atoms with E-state index < -0.39 is 16.9 Å². The number of anilines is 1. The van der Waals surface area contributed by atoms with E-state index in [1.165, 1.54) is 0 Å². The Morgan fingerprint density at radius 1 is 1.14 bits per heavy atom. The van der Waals surface area contributed by atoms with Gasteiger partial charge in [-0.15, -0.1) is 11.8 Å². The van der Waals surface area contributed by atoms with Gasteiger partial charge in [-0.25, -0.2) is 8.78 Å². The van der Waals surface area contributed by atoms with Crippen LogP contribution < -0.4 is 5.32 Å². The number of benzene rings is 2. The van der Waals surface area contributed by atoms with Gasteiger partial charge < -0.3 is 5.32 Å². The molecule has 0 spiro atoms. The standard InChI is InChI=1S/C17H17F2NOS/c1-10-4-5-11(2)15(8-10)20-17(21)12(3)22-16-9-13(18)6-7-14(16)19/h4-9,12H,1-3H3,(H,20,21)/t12-/m1/s1. The number of rotatable bonds is 4. The zero-order chi connectivity index (χ0) is 16.3. The fraction of sp³-hybridized carbons (Fsp3) is 0.235. The number of aryl methyl sites for hydroxylation is 2. The van der Waals surface area contributed by atoms with Gasteiger partial charge in [0.25, 0.3) is 0 Å². The van der Waals surface area contributed by atoms with Crippen LogP contribution in [0, 0.1) is 25.5 Å². The molecule has 0 heterocycles. The van der Waals surface area contributed by atoms with Crippen LogP contribution in [-0.4, -0.2) is 11.2 Å². The molecule has 0 radical (unpaired) electrons. The number of halogens is 2. The van der Waals surface area contributed by atoms with Gasteiger partial charge in [0, 0.05) is 10.6 Å². The molecule has 0 saturated carbocycles. The molecule has 2 rings (SSSR count). The average molecular weight is 321 g/mol. The second kappa shape index (κ2) is 6.92. The van der Waals surface area contributed by atoms with Crippen molar-refractivity contribution in [2.45, 2.75) is 30.9 Å². The van der Waals surface area contributed by atoms with Gasteiger partial charge >= 0.3 is 0 Å². The Bertz CT molecular complexity index is 703. The van der Waals surface area contributed by atoms with E-state index in [-0.39, 0.29) is 10.8 Å². The van der Waals surface area contributed by atoms with E-state index in [4.69, 9.17) is 0 Å². The predicted molar refractivity (Wildman–Crippen MR) is 86.2 cm³/mol. The highest BCUT2D eigenvalue weighted by molar-refractivity contribution is 8.00. The Labute approximate surface area is 132 Å². The summed E-state index contributed by atoms with van der Waals surface area (Å²) >= 11 is 0.995. The molecule has 5 heteroatoms. The largest absolute Gasteiger partial charge is 0.325 e. The smallest absolute Gasteiger partial charge is 0.237 e. The number of thioether (sulfide) groups is 1. The summed E-state index contributed by atoms with van der Waals surface area (Å²) in [5.41, 5.74) is 2.72. The van der Waals surface area contributed by atoms with Crippen molar-refractivity contribution < 1.29 is 13.6 Å². The molecular weight excluding hydrogens is 304 g/mol. The van der Waals surface area contributed by atoms with Crippen LogP contribution in [0.2, 0.25) is 0 Å². The summed E-state index contributed by atoms with van der Waals surface area (Å²) in [5.74, 6) is -1.30. The molecule has 1 N–H and O–H groups in total. The molecule has 0 aliphatic heterocycles. The molecule has 1 atom stereocenters. The van der Waals surface area contributed by atoms with Crippen LogP contribution in [0.3, 0.4) is 0 Å². The molecule has 0 fully saturated rings. The second-order valence-electron chi connectivity index (χ2n) is 5.14. The first-order chi connectivity index (χ1) is 10.4. The normalized spacial score (nSPS) is 12.0. The number of nitrogens with one attached hydrogen (secondary N) is 1. The fourth-order valence-electron chi connectivity index (χ4n) is 1.92. The third-order valence-corrected chi connectivity index (χ3v) is 4.35. The minimum atomic E-state index is -0.545. The van der Waals surface area contributed by atoms with E-state index in [1.807, 2.05) is 32.0 Å². The van der Waals surface area contributed by atoms with Gasteiger partial charge in [-0.3, -0.25) is 4.79 Å². The Balaban J connectivity index is 2.09. The first kappa shape index (κ1) is 16.5. The summed E-state index contributed by atoms with van der Waals surface area (Å²) in [7, 11) is 0. The first-order valence-electron chi connectivity index (χ1n) is 6.86. The monoisotopic (exact) mass is 321 g/mol. The second-order valence-corrected chi connectivity index (χ2v) is 6.53. The summed E-state index contributed by atoms with van der Waals surface area (Å²) in [6.45, 7) is 5.50. The Kier molecular flexibility index (Phi) is 5.19. The molecule has 22 heavy (non-hydrogen) atoms. The summed E-state index contributed by atoms with van der Waals surface area (Å²) in [6.07, 6.45) is 0. The third-order valence-electron chi connectivity index (χ3n) is 3.22. The molecule has 0 saturated heterocycles. The summed E-state index contributed by atoms with van der Waals surface area (Å²) in [4.78, 5) is 12.4. The van der Waals surface area contributed by atoms with Crippen LogP contribution in [0.15, 0.2) is 41.3 Å². The number of carbonyl (C=O) groups excluding carboxylic acids is 1. The topological polar surface area (TPSA) is 29.1 Å². The number of carbonyl (C=O) groups is 1. The molecule has 116 valence electrons. The SMILES string of the molecule is Cc1ccc(C)c(NC(=O)[C@@H](C)Sc2cc(F)ccc2F)c1. The van der Waals surface area contributed by atoms with Gasteiger partial charge in [0.15, 0.2) is 0 Å². The summed E-state index contributed by atoms with van der Waals surface area (Å²) in [6, 6.07) is 8.99. The maximum atomic E-state index is 13.6. The predicted octanol–water partition coefficient (Wildman–Crippen LogP) is 4.70. The van der Waals surface area contributed by atoms with Crippen LogP contribution in [0.5, 0.6) is 0 Å². The minimum absolute atomic E-state index is 0.128. The first-order valence-corrected chi connectivity index (χ1v) is 7.74. The highest BCUT2D eigenvalue weighted by atomic mass is 32.2. The minimum Gasteiger partial charge on any atom is -0.325 e. The van der Waals surface area contributed by atoms with Gasteiger partial charge in [0.2, 0.25) is 5.91 Å². The van der Waals surface area contributed by atoms with Crippen LogP contribution in [0.25, 0.3) is 0 Å². The lowest BCUT2D eigenvalue weighted by Gasteiger charge is -2.14. The zero-order valence-electron chi connectivity index (χ0n) is 12.6. The lowest BCUT2D eigenvalue weighted by atomic mass is 10.1. The van der Waals surface area contributed by atoms with Crippen molar-refractivity contribution >= 4 is 23.4 Å². The van der Waals surface area contributed by atoms with Crippen molar-refractivity contribution in [3.05, 3.63) is 59.2 Å². The Hall–Kier alpha value is -1.88. The van der Waals surface area contributed by atoms with Crippen molar-refractivity contribution in [3.8, 4) is 0 Å². The van der Waals surface area contributed by atoms with E-state index in [0.717, 1.165) is 46.8 Å². The third kappa shape index (κ3) is 4.07. The molecule has 0 bridgehead atoms. The van der Waals surface area contributed by atoms with Crippen molar-refractivity contribution in [3.63, 3.8) is 0 Å². The summed E-state index contributed by atoms with van der Waals surface area (Å²) in [5, 5.41) is 2.28. The van der Waals surface area contributed by atoms with E-state index in [2.05, 4.69) is 5.32 Å². The van der Waals surface area contributed by atoms with Gasteiger partial charge in [-0.2, -0.15) is 0 Å². The van der Waals surface area contributed by atoms with Crippen LogP contribution in [0.4, 0.5) is 14.5 Å². The highest BCUT2D eigenvalue weighted by Gasteiger charge is 2.17. The summed E-state index contributed by atoms with van der Waals surface area (Å²) < 4.78 is 26.8. The van der Waals surface area contributed by atoms with Crippen LogP contribution >= 0.6 is 11.8 Å². The van der Waals surface area contributed by atoms with Gasteiger partial charge in [-0.1, -0.05) is 12.1 Å². The van der Waals surface area contributed by atoms with Crippen molar-refractivity contribution in [1.29, 1.82) is 0 Å². The van der Waals surface area contributed by atoms with E-state index >= 15 is 0 Å². The molecule has 2 aromatic rings. The lowest BCUT2D eigenvalue weighted by molar-refractivity contribution is -0.115. The Morgan fingerprint density at radius 2 is 1.86 bits per heavy atom. The molecule has 2 aromatic carbocycles. The molecule has 2 nitrogen and oxygen atoms in total. The van der Waals surface area contributed by atoms with Gasteiger partial charge in [-0.05, 0) is 56.2 Å². The van der Waals surface area contributed by atoms with Crippen LogP contribution in [-0.2, 0) is 4.79 Å². The van der Waals surface area contributed by atoms with Crippen molar-refractivity contribution in [2.24, 2.45) is 0 Å². The van der Waals surface area contributed by atoms with Crippen molar-refractivity contribution in [1.82, 2.24) is 0 Å². The Morgan fingerprint density at radius 3 is 2.59 bits per heavy atom. The molecule has 0 unspecified atom stereocenters. The molecule has 0 aliphatic rings. The fourth-order valence-corrected chi connectivity index (χ4v) is 2.82. The lowest BCUT2D eigenvalue weighted by Crippen LogP contribution is -2.23. The van der Waals surface area contributed by atoms with Crippen LogP contribution in [0.1, 0.15) is 18.1 Å².